The average Bonchev–Trinajstić information content (AvgIpc) is 2.48. The maximum absolute atomic E-state index is 11.6. The summed E-state index contributed by atoms with van der Waals surface area (Å²) in [5.74, 6) is 0.181. The number of hydrogen-bond donors (Lipinski definition) is 1. The molecule has 2 N–H and O–H groups in total. The zero-order valence-corrected chi connectivity index (χ0v) is 13.2. The summed E-state index contributed by atoms with van der Waals surface area (Å²) in [6.45, 7) is 7.10. The highest BCUT2D eigenvalue weighted by atomic mass is 16.5. The molecule has 0 aromatic carbocycles. The van der Waals surface area contributed by atoms with Crippen molar-refractivity contribution in [1.29, 1.82) is 0 Å². The van der Waals surface area contributed by atoms with Crippen LogP contribution in [0.1, 0.15) is 32.6 Å². The number of rotatable bonds is 12. The van der Waals surface area contributed by atoms with E-state index in [1.807, 2.05) is 0 Å². The van der Waals surface area contributed by atoms with E-state index in [1.54, 1.807) is 4.90 Å². The van der Waals surface area contributed by atoms with Gasteiger partial charge in [-0.3, -0.25) is 4.79 Å². The Labute approximate surface area is 127 Å². The molecular weight excluding hydrogens is 272 g/mol. The number of carbonyl (C=O) groups is 1. The molecule has 1 rings (SSSR count). The summed E-state index contributed by atoms with van der Waals surface area (Å²) in [5, 5.41) is 0. The van der Waals surface area contributed by atoms with E-state index in [2.05, 4.69) is 6.92 Å². The van der Waals surface area contributed by atoms with Gasteiger partial charge in [-0.05, 0) is 12.8 Å². The first kappa shape index (κ1) is 18.4. The zero-order chi connectivity index (χ0) is 15.3. The molecule has 1 saturated heterocycles. The van der Waals surface area contributed by atoms with Crippen LogP contribution in [0.3, 0.4) is 0 Å². The Kier molecular flexibility index (Phi) is 10.4. The van der Waals surface area contributed by atoms with Gasteiger partial charge in [-0.15, -0.1) is 0 Å². The second-order valence-electron chi connectivity index (χ2n) is 5.33. The molecule has 0 spiro atoms. The van der Waals surface area contributed by atoms with Gasteiger partial charge in [-0.2, -0.15) is 0 Å². The maximum Gasteiger partial charge on any atom is 0.222 e. The van der Waals surface area contributed by atoms with Crippen molar-refractivity contribution in [3.63, 3.8) is 0 Å². The Balaban J connectivity index is 1.85. The molecule has 0 aliphatic carbocycles. The lowest BCUT2D eigenvalue weighted by Gasteiger charge is -2.30. The number of piperidine rings is 1. The van der Waals surface area contributed by atoms with Gasteiger partial charge in [-0.25, -0.2) is 0 Å². The van der Waals surface area contributed by atoms with Gasteiger partial charge in [0.2, 0.25) is 5.91 Å². The molecule has 1 aliphatic rings. The van der Waals surface area contributed by atoms with E-state index < -0.39 is 0 Å². The number of likely N-dealkylation sites (tertiary alicyclic amines) is 1. The molecule has 6 heteroatoms. The molecule has 0 aromatic heterocycles. The molecule has 1 aliphatic heterocycles. The minimum atomic E-state index is 0.110. The lowest BCUT2D eigenvalue weighted by Crippen LogP contribution is -2.47. The topological polar surface area (TPSA) is 74.0 Å². The molecule has 1 atom stereocenters. The molecular formula is C15H30N2O4. The molecule has 1 amide bonds. The molecule has 0 saturated carbocycles. The van der Waals surface area contributed by atoms with E-state index in [1.165, 1.54) is 0 Å². The predicted molar refractivity (Wildman–Crippen MR) is 81.2 cm³/mol. The van der Waals surface area contributed by atoms with E-state index in [-0.39, 0.29) is 11.9 Å². The molecule has 0 bridgehead atoms. The van der Waals surface area contributed by atoms with Crippen molar-refractivity contribution in [2.75, 3.05) is 52.7 Å². The van der Waals surface area contributed by atoms with E-state index in [9.17, 15) is 4.79 Å². The summed E-state index contributed by atoms with van der Waals surface area (Å²) in [4.78, 5) is 13.4. The molecule has 0 radical (unpaired) electrons. The molecule has 21 heavy (non-hydrogen) atoms. The van der Waals surface area contributed by atoms with Crippen molar-refractivity contribution in [2.45, 2.75) is 38.6 Å². The summed E-state index contributed by atoms with van der Waals surface area (Å²) in [6, 6.07) is 0.110. The average molecular weight is 302 g/mol. The second kappa shape index (κ2) is 11.9. The minimum absolute atomic E-state index is 0.110. The Morgan fingerprint density at radius 2 is 1.71 bits per heavy atom. The zero-order valence-electron chi connectivity index (χ0n) is 13.2. The molecule has 124 valence electrons. The van der Waals surface area contributed by atoms with Gasteiger partial charge < -0.3 is 24.8 Å². The normalized spacial score (nSPS) is 19.2. The highest BCUT2D eigenvalue weighted by Crippen LogP contribution is 2.09. The fourth-order valence-corrected chi connectivity index (χ4v) is 2.12. The van der Waals surface area contributed by atoms with Crippen LogP contribution in [0.2, 0.25) is 0 Å². The van der Waals surface area contributed by atoms with Gasteiger partial charge in [0.1, 0.15) is 0 Å². The van der Waals surface area contributed by atoms with Crippen LogP contribution >= 0.6 is 0 Å². The van der Waals surface area contributed by atoms with Crippen molar-refractivity contribution in [3.8, 4) is 0 Å². The Morgan fingerprint density at radius 1 is 1.10 bits per heavy atom. The summed E-state index contributed by atoms with van der Waals surface area (Å²) in [5.41, 5.74) is 5.85. The number of unbranched alkanes of at least 4 members (excludes halogenated alkanes) is 1. The molecule has 0 aromatic rings. The summed E-state index contributed by atoms with van der Waals surface area (Å²) < 4.78 is 16.2. The number of carbonyl (C=O) groups excluding carboxylic acids is 1. The summed E-state index contributed by atoms with van der Waals surface area (Å²) in [6.07, 6.45) is 3.60. The first-order chi connectivity index (χ1) is 10.2. The van der Waals surface area contributed by atoms with Gasteiger partial charge >= 0.3 is 0 Å². The van der Waals surface area contributed by atoms with Crippen molar-refractivity contribution < 1.29 is 19.0 Å². The second-order valence-corrected chi connectivity index (χ2v) is 5.33. The van der Waals surface area contributed by atoms with Gasteiger partial charge in [0.05, 0.1) is 33.0 Å². The predicted octanol–water partition coefficient (Wildman–Crippen LogP) is 0.786. The van der Waals surface area contributed by atoms with Crippen molar-refractivity contribution in [2.24, 2.45) is 5.73 Å². The van der Waals surface area contributed by atoms with Crippen LogP contribution < -0.4 is 5.73 Å². The first-order valence-electron chi connectivity index (χ1n) is 8.00. The van der Waals surface area contributed by atoms with Crippen LogP contribution in [0, 0.1) is 0 Å². The third-order valence-corrected chi connectivity index (χ3v) is 3.43. The molecule has 6 nitrogen and oxygen atoms in total. The molecule has 1 unspecified atom stereocenters. The quantitative estimate of drug-likeness (QED) is 0.539. The van der Waals surface area contributed by atoms with E-state index in [0.717, 1.165) is 25.9 Å². The number of nitrogens with two attached hydrogens (primary N) is 1. The van der Waals surface area contributed by atoms with E-state index >= 15 is 0 Å². The van der Waals surface area contributed by atoms with Gasteiger partial charge in [0.25, 0.3) is 0 Å². The SMILES string of the molecule is CCCCOCCOCCOCCN1CC(N)CCC1=O. The van der Waals surface area contributed by atoms with Gasteiger partial charge in [0, 0.05) is 32.2 Å². The largest absolute Gasteiger partial charge is 0.379 e. The minimum Gasteiger partial charge on any atom is -0.379 e. The standard InChI is InChI=1S/C15H30N2O4/c1-2-3-7-19-9-11-21-12-10-20-8-6-17-13-14(16)4-5-15(17)18/h14H,2-13,16H2,1H3. The van der Waals surface area contributed by atoms with Crippen molar-refractivity contribution in [3.05, 3.63) is 0 Å². The Hall–Kier alpha value is -0.690. The molecule has 1 heterocycles. The molecule has 1 fully saturated rings. The van der Waals surface area contributed by atoms with Crippen LogP contribution in [0.15, 0.2) is 0 Å². The third-order valence-electron chi connectivity index (χ3n) is 3.43. The monoisotopic (exact) mass is 302 g/mol. The van der Waals surface area contributed by atoms with Crippen LogP contribution in [0.25, 0.3) is 0 Å². The lowest BCUT2D eigenvalue weighted by atomic mass is 10.1. The number of ether oxygens (including phenoxy) is 3. The van der Waals surface area contributed by atoms with Crippen LogP contribution in [-0.2, 0) is 19.0 Å². The van der Waals surface area contributed by atoms with Gasteiger partial charge in [-0.1, -0.05) is 13.3 Å². The number of nitrogens with zero attached hydrogens (tertiary/aromatic N) is 1. The van der Waals surface area contributed by atoms with Crippen LogP contribution in [0.5, 0.6) is 0 Å². The fraction of sp³-hybridized carbons (Fsp3) is 0.933. The fourth-order valence-electron chi connectivity index (χ4n) is 2.12. The summed E-state index contributed by atoms with van der Waals surface area (Å²) >= 11 is 0. The van der Waals surface area contributed by atoms with Crippen LogP contribution in [0.4, 0.5) is 0 Å². The smallest absolute Gasteiger partial charge is 0.222 e. The maximum atomic E-state index is 11.6. The van der Waals surface area contributed by atoms with Crippen molar-refractivity contribution in [1.82, 2.24) is 4.90 Å². The highest BCUT2D eigenvalue weighted by molar-refractivity contribution is 5.77. The first-order valence-corrected chi connectivity index (χ1v) is 8.00. The van der Waals surface area contributed by atoms with E-state index in [0.29, 0.717) is 52.5 Å². The summed E-state index contributed by atoms with van der Waals surface area (Å²) in [7, 11) is 0. The third kappa shape index (κ3) is 9.03. The Bertz CT molecular complexity index is 276. The van der Waals surface area contributed by atoms with Gasteiger partial charge in [0.15, 0.2) is 0 Å². The van der Waals surface area contributed by atoms with Crippen molar-refractivity contribution >= 4 is 5.91 Å². The highest BCUT2D eigenvalue weighted by Gasteiger charge is 2.22. The van der Waals surface area contributed by atoms with E-state index in [4.69, 9.17) is 19.9 Å². The number of amides is 1. The number of hydrogen-bond acceptors (Lipinski definition) is 5. The lowest BCUT2D eigenvalue weighted by molar-refractivity contribution is -0.134. The van der Waals surface area contributed by atoms with Crippen LogP contribution in [-0.4, -0.2) is 69.6 Å². The Morgan fingerprint density at radius 3 is 2.38 bits per heavy atom.